The Bertz CT molecular complexity index is 424. The van der Waals surface area contributed by atoms with E-state index in [0.29, 0.717) is 10.7 Å². The van der Waals surface area contributed by atoms with Gasteiger partial charge in [0.15, 0.2) is 0 Å². The van der Waals surface area contributed by atoms with Crippen molar-refractivity contribution in [2.45, 2.75) is 18.2 Å². The van der Waals surface area contributed by atoms with Crippen LogP contribution in [0, 0.1) is 9.49 Å². The maximum Gasteiger partial charge on any atom is 0.253 e. The monoisotopic (exact) mass is 407 g/mol. The highest BCUT2D eigenvalue weighted by atomic mass is 127. The van der Waals surface area contributed by atoms with Crippen molar-refractivity contribution in [2.75, 3.05) is 13.1 Å². The highest BCUT2D eigenvalue weighted by Crippen LogP contribution is 2.24. The number of amides is 1. The predicted octanol–water partition coefficient (Wildman–Crippen LogP) is 3.54. The van der Waals surface area contributed by atoms with Crippen molar-refractivity contribution >= 4 is 44.4 Å². The molecule has 0 spiro atoms. The number of hydrogen-bond acceptors (Lipinski definition) is 1. The molecule has 0 aliphatic carbocycles. The van der Waals surface area contributed by atoms with Crippen LogP contribution in [0.3, 0.4) is 0 Å². The second-order valence-electron chi connectivity index (χ2n) is 4.54. The molecule has 1 aliphatic heterocycles. The van der Waals surface area contributed by atoms with Gasteiger partial charge in [-0.1, -0.05) is 28.9 Å². The first-order chi connectivity index (χ1) is 8.08. The number of halogens is 2. The minimum absolute atomic E-state index is 0.153. The summed E-state index contributed by atoms with van der Waals surface area (Å²) in [5, 5.41) is 0. The first-order valence-electron chi connectivity index (χ1n) is 5.77. The fourth-order valence-corrected chi connectivity index (χ4v) is 3.17. The third-order valence-corrected chi connectivity index (χ3v) is 5.09. The lowest BCUT2D eigenvalue weighted by Crippen LogP contribution is -2.43. The van der Waals surface area contributed by atoms with E-state index in [-0.39, 0.29) is 5.91 Å². The van der Waals surface area contributed by atoms with Crippen LogP contribution in [-0.2, 0) is 0 Å². The summed E-state index contributed by atoms with van der Waals surface area (Å²) >= 11 is 5.89. The van der Waals surface area contributed by atoms with E-state index in [0.717, 1.165) is 28.6 Å². The topological polar surface area (TPSA) is 20.3 Å². The molecule has 1 amide bonds. The van der Waals surface area contributed by atoms with Gasteiger partial charge in [-0.25, -0.2) is 0 Å². The normalized spacial score (nSPS) is 24.8. The minimum atomic E-state index is 0.153. The van der Waals surface area contributed by atoms with Gasteiger partial charge in [0, 0.05) is 27.1 Å². The first kappa shape index (κ1) is 13.3. The minimum Gasteiger partial charge on any atom is -0.338 e. The molecule has 2 unspecified atom stereocenters. The van der Waals surface area contributed by atoms with Gasteiger partial charge in [-0.05, 0) is 53.1 Å². The zero-order chi connectivity index (χ0) is 12.4. The van der Waals surface area contributed by atoms with Crippen LogP contribution in [0.1, 0.15) is 23.7 Å². The van der Waals surface area contributed by atoms with Gasteiger partial charge in [0.25, 0.3) is 5.91 Å². The lowest BCUT2D eigenvalue weighted by atomic mass is 9.98. The van der Waals surface area contributed by atoms with Crippen molar-refractivity contribution in [3.8, 4) is 0 Å². The van der Waals surface area contributed by atoms with E-state index in [1.807, 2.05) is 29.2 Å². The summed E-state index contributed by atoms with van der Waals surface area (Å²) < 4.78 is 1.11. The Morgan fingerprint density at radius 2 is 2.29 bits per heavy atom. The zero-order valence-electron chi connectivity index (χ0n) is 9.70. The molecule has 0 saturated carbocycles. The second kappa shape index (κ2) is 5.69. The summed E-state index contributed by atoms with van der Waals surface area (Å²) in [6.45, 7) is 3.91. The lowest BCUT2D eigenvalue weighted by Gasteiger charge is -2.34. The van der Waals surface area contributed by atoms with Crippen LogP contribution in [-0.4, -0.2) is 28.7 Å². The summed E-state index contributed by atoms with van der Waals surface area (Å²) in [6.07, 6.45) is 1.07. The van der Waals surface area contributed by atoms with Gasteiger partial charge in [0.05, 0.1) is 0 Å². The van der Waals surface area contributed by atoms with Gasteiger partial charge in [-0.15, -0.1) is 0 Å². The Kier molecular flexibility index (Phi) is 4.47. The quantitative estimate of drug-likeness (QED) is 0.515. The second-order valence-corrected chi connectivity index (χ2v) is 6.97. The Morgan fingerprint density at radius 3 is 2.94 bits per heavy atom. The van der Waals surface area contributed by atoms with E-state index in [4.69, 9.17) is 0 Å². The van der Waals surface area contributed by atoms with E-state index in [1.54, 1.807) is 0 Å². The third kappa shape index (κ3) is 3.22. The van der Waals surface area contributed by atoms with E-state index < -0.39 is 0 Å². The number of piperidine rings is 1. The molecule has 1 aromatic rings. The van der Waals surface area contributed by atoms with Crippen LogP contribution in [0.5, 0.6) is 0 Å². The molecular formula is C13H15BrINO. The summed E-state index contributed by atoms with van der Waals surface area (Å²) in [7, 11) is 0. The Hall–Kier alpha value is -0.100. The maximum absolute atomic E-state index is 12.3. The molecule has 2 atom stereocenters. The molecule has 92 valence electrons. The first-order valence-corrected chi connectivity index (χ1v) is 7.76. The summed E-state index contributed by atoms with van der Waals surface area (Å²) in [5.41, 5.74) is 0.797. The highest BCUT2D eigenvalue weighted by molar-refractivity contribution is 14.1. The van der Waals surface area contributed by atoms with Gasteiger partial charge in [0.1, 0.15) is 0 Å². The van der Waals surface area contributed by atoms with Gasteiger partial charge >= 0.3 is 0 Å². The number of carbonyl (C=O) groups excluding carboxylic acids is 1. The lowest BCUT2D eigenvalue weighted by molar-refractivity contribution is 0.0706. The number of likely N-dealkylation sites (tertiary alicyclic amines) is 1. The van der Waals surface area contributed by atoms with E-state index in [1.165, 1.54) is 0 Å². The fourth-order valence-electron chi connectivity index (χ4n) is 2.01. The van der Waals surface area contributed by atoms with Crippen LogP contribution in [0.2, 0.25) is 0 Å². The molecule has 2 rings (SSSR count). The third-order valence-electron chi connectivity index (χ3n) is 3.23. The molecule has 1 aliphatic rings. The Balaban J connectivity index is 2.10. The molecule has 1 heterocycles. The largest absolute Gasteiger partial charge is 0.338 e. The van der Waals surface area contributed by atoms with Gasteiger partial charge in [-0.2, -0.15) is 0 Å². The summed E-state index contributed by atoms with van der Waals surface area (Å²) in [5.74, 6) is 0.801. The molecule has 0 bridgehead atoms. The van der Waals surface area contributed by atoms with Gasteiger partial charge in [-0.3, -0.25) is 4.79 Å². The van der Waals surface area contributed by atoms with Crippen LogP contribution < -0.4 is 0 Å². The summed E-state index contributed by atoms with van der Waals surface area (Å²) in [6, 6.07) is 7.78. The zero-order valence-corrected chi connectivity index (χ0v) is 13.4. The van der Waals surface area contributed by atoms with Gasteiger partial charge in [0.2, 0.25) is 0 Å². The fraction of sp³-hybridized carbons (Fsp3) is 0.462. The Labute approximate surface area is 124 Å². The molecule has 0 radical (unpaired) electrons. The number of benzene rings is 1. The van der Waals surface area contributed by atoms with Crippen LogP contribution in [0.4, 0.5) is 0 Å². The van der Waals surface area contributed by atoms with Crippen LogP contribution >= 0.6 is 38.5 Å². The molecular weight excluding hydrogens is 393 g/mol. The maximum atomic E-state index is 12.3. The van der Waals surface area contributed by atoms with Crippen molar-refractivity contribution in [2.24, 2.45) is 5.92 Å². The smallest absolute Gasteiger partial charge is 0.253 e. The highest BCUT2D eigenvalue weighted by Gasteiger charge is 2.27. The molecule has 2 nitrogen and oxygen atoms in total. The van der Waals surface area contributed by atoms with Crippen LogP contribution in [0.25, 0.3) is 0 Å². The molecule has 17 heavy (non-hydrogen) atoms. The standard InChI is InChI=1S/C13H15BrINO/c1-9-5-6-16(8-12(9)14)13(17)10-3-2-4-11(15)7-10/h2-4,7,9,12H,5-6,8H2,1H3. The van der Waals surface area contributed by atoms with Crippen molar-refractivity contribution in [3.63, 3.8) is 0 Å². The van der Waals surface area contributed by atoms with E-state index >= 15 is 0 Å². The van der Waals surface area contributed by atoms with E-state index in [9.17, 15) is 4.79 Å². The molecule has 1 saturated heterocycles. The summed E-state index contributed by atoms with van der Waals surface area (Å²) in [4.78, 5) is 14.7. The number of rotatable bonds is 1. The van der Waals surface area contributed by atoms with Crippen molar-refractivity contribution in [3.05, 3.63) is 33.4 Å². The van der Waals surface area contributed by atoms with Crippen molar-refractivity contribution in [1.29, 1.82) is 0 Å². The predicted molar refractivity (Wildman–Crippen MR) is 81.6 cm³/mol. The van der Waals surface area contributed by atoms with Crippen LogP contribution in [0.15, 0.2) is 24.3 Å². The van der Waals surface area contributed by atoms with Gasteiger partial charge < -0.3 is 4.90 Å². The SMILES string of the molecule is CC1CCN(C(=O)c2cccc(I)c2)CC1Br. The molecule has 0 N–H and O–H groups in total. The number of alkyl halides is 1. The van der Waals surface area contributed by atoms with Crippen molar-refractivity contribution in [1.82, 2.24) is 4.90 Å². The number of nitrogens with zero attached hydrogens (tertiary/aromatic N) is 1. The molecule has 1 aromatic carbocycles. The van der Waals surface area contributed by atoms with Crippen molar-refractivity contribution < 1.29 is 4.79 Å². The average Bonchev–Trinajstić information content (AvgIpc) is 2.32. The van der Waals surface area contributed by atoms with E-state index in [2.05, 4.69) is 45.4 Å². The molecule has 0 aromatic heterocycles. The average molecular weight is 408 g/mol. The number of carbonyl (C=O) groups is 1. The molecule has 1 fully saturated rings. The Morgan fingerprint density at radius 1 is 1.53 bits per heavy atom. The molecule has 4 heteroatoms. The number of hydrogen-bond donors (Lipinski definition) is 0.